The van der Waals surface area contributed by atoms with Gasteiger partial charge in [0.1, 0.15) is 11.3 Å². The summed E-state index contributed by atoms with van der Waals surface area (Å²) in [5, 5.41) is 9.13. The fourth-order valence-corrected chi connectivity index (χ4v) is 4.52. The van der Waals surface area contributed by atoms with Crippen LogP contribution in [0.4, 0.5) is 0 Å². The topological polar surface area (TPSA) is 91.1 Å². The second kappa shape index (κ2) is 7.22. The molecule has 1 N–H and O–H groups in total. The van der Waals surface area contributed by atoms with Crippen molar-refractivity contribution in [1.82, 2.24) is 9.21 Å². The molecule has 1 aromatic carbocycles. The third-order valence-corrected chi connectivity index (χ3v) is 6.69. The number of piperazine rings is 1. The summed E-state index contributed by atoms with van der Waals surface area (Å²) in [7, 11) is -3.52. The number of nitrogens with zero attached hydrogens (tertiary/aromatic N) is 2. The number of sulfonamides is 1. The Hall–Kier alpha value is -2.16. The lowest BCUT2D eigenvalue weighted by Crippen LogP contribution is -2.48. The number of rotatable bonds is 5. The molecule has 0 saturated carbocycles. The Morgan fingerprint density at radius 3 is 2.42 bits per heavy atom. The molecule has 140 valence electrons. The molecule has 1 saturated heterocycles. The average Bonchev–Trinajstić information content (AvgIpc) is 3.06. The Bertz CT molecular complexity index is 911. The molecule has 1 aromatic heterocycles. The van der Waals surface area contributed by atoms with E-state index >= 15 is 0 Å². The Morgan fingerprint density at radius 1 is 1.12 bits per heavy atom. The van der Waals surface area contributed by atoms with Gasteiger partial charge in [0, 0.05) is 26.2 Å². The van der Waals surface area contributed by atoms with Gasteiger partial charge in [0.05, 0.1) is 17.7 Å². The summed E-state index contributed by atoms with van der Waals surface area (Å²) in [5.74, 6) is -0.632. The van der Waals surface area contributed by atoms with Crippen molar-refractivity contribution in [2.24, 2.45) is 0 Å². The van der Waals surface area contributed by atoms with Gasteiger partial charge in [-0.15, -0.1) is 0 Å². The second-order valence-electron chi connectivity index (χ2n) is 6.49. The number of hydrogen-bond donors (Lipinski definition) is 1. The van der Waals surface area contributed by atoms with E-state index < -0.39 is 16.0 Å². The Labute approximate surface area is 152 Å². The van der Waals surface area contributed by atoms with E-state index in [0.29, 0.717) is 43.4 Å². The molecular formula is C18H22N2O5S. The van der Waals surface area contributed by atoms with Gasteiger partial charge in [-0.1, -0.05) is 6.07 Å². The van der Waals surface area contributed by atoms with Crippen LogP contribution in [0.2, 0.25) is 0 Å². The molecule has 0 amide bonds. The highest BCUT2D eigenvalue weighted by Crippen LogP contribution is 2.21. The molecule has 26 heavy (non-hydrogen) atoms. The first-order chi connectivity index (χ1) is 12.3. The predicted molar refractivity (Wildman–Crippen MR) is 95.6 cm³/mol. The summed E-state index contributed by atoms with van der Waals surface area (Å²) in [6.07, 6.45) is 1.36. The number of hydrogen-bond acceptors (Lipinski definition) is 5. The smallest absolute Gasteiger partial charge is 0.339 e. The van der Waals surface area contributed by atoms with Gasteiger partial charge in [-0.3, -0.25) is 4.90 Å². The largest absolute Gasteiger partial charge is 0.478 e. The molecule has 0 atom stereocenters. The molecule has 0 radical (unpaired) electrons. The van der Waals surface area contributed by atoms with E-state index in [0.717, 1.165) is 11.1 Å². The van der Waals surface area contributed by atoms with Crippen molar-refractivity contribution in [3.05, 3.63) is 53.0 Å². The van der Waals surface area contributed by atoms with E-state index in [1.807, 2.05) is 24.8 Å². The predicted octanol–water partition coefficient (Wildman–Crippen LogP) is 2.10. The van der Waals surface area contributed by atoms with Crippen molar-refractivity contribution in [2.45, 2.75) is 25.3 Å². The minimum absolute atomic E-state index is 0.148. The highest BCUT2D eigenvalue weighted by molar-refractivity contribution is 7.89. The van der Waals surface area contributed by atoms with Gasteiger partial charge >= 0.3 is 5.97 Å². The monoisotopic (exact) mass is 378 g/mol. The molecule has 3 rings (SSSR count). The van der Waals surface area contributed by atoms with Gasteiger partial charge in [-0.05, 0) is 43.2 Å². The van der Waals surface area contributed by atoms with Crippen molar-refractivity contribution < 1.29 is 22.7 Å². The van der Waals surface area contributed by atoms with Gasteiger partial charge in [-0.25, -0.2) is 13.2 Å². The zero-order valence-corrected chi connectivity index (χ0v) is 15.6. The zero-order chi connectivity index (χ0) is 18.9. The third-order valence-electron chi connectivity index (χ3n) is 4.79. The van der Waals surface area contributed by atoms with Gasteiger partial charge in [0.15, 0.2) is 0 Å². The molecule has 2 heterocycles. The van der Waals surface area contributed by atoms with E-state index in [4.69, 9.17) is 9.52 Å². The minimum atomic E-state index is -3.52. The Morgan fingerprint density at radius 2 is 1.81 bits per heavy atom. The highest BCUT2D eigenvalue weighted by atomic mass is 32.2. The number of aryl methyl sites for hydroxylation is 2. The van der Waals surface area contributed by atoms with Gasteiger partial charge in [-0.2, -0.15) is 4.31 Å². The molecule has 0 bridgehead atoms. The Kier molecular flexibility index (Phi) is 5.17. The van der Waals surface area contributed by atoms with Crippen LogP contribution in [0.25, 0.3) is 0 Å². The van der Waals surface area contributed by atoms with Crippen LogP contribution in [-0.4, -0.2) is 54.9 Å². The van der Waals surface area contributed by atoms with Gasteiger partial charge in [0.2, 0.25) is 10.0 Å². The number of aromatic carboxylic acids is 1. The maximum atomic E-state index is 12.8. The number of benzene rings is 1. The molecule has 7 nitrogen and oxygen atoms in total. The molecule has 0 spiro atoms. The summed E-state index contributed by atoms with van der Waals surface area (Å²) in [6, 6.07) is 6.60. The summed E-state index contributed by atoms with van der Waals surface area (Å²) in [5.41, 5.74) is 2.15. The maximum absolute atomic E-state index is 12.8. The van der Waals surface area contributed by atoms with Crippen molar-refractivity contribution in [3.63, 3.8) is 0 Å². The lowest BCUT2D eigenvalue weighted by atomic mass is 10.1. The van der Waals surface area contributed by atoms with E-state index in [2.05, 4.69) is 0 Å². The van der Waals surface area contributed by atoms with Crippen LogP contribution in [-0.2, 0) is 16.6 Å². The van der Waals surface area contributed by atoms with E-state index in [-0.39, 0.29) is 5.56 Å². The lowest BCUT2D eigenvalue weighted by molar-refractivity contribution is 0.0691. The normalized spacial score (nSPS) is 16.7. The molecular weight excluding hydrogens is 356 g/mol. The maximum Gasteiger partial charge on any atom is 0.339 e. The first-order valence-corrected chi connectivity index (χ1v) is 9.82. The first-order valence-electron chi connectivity index (χ1n) is 8.38. The minimum Gasteiger partial charge on any atom is -0.478 e. The molecule has 0 unspecified atom stereocenters. The van der Waals surface area contributed by atoms with Crippen LogP contribution >= 0.6 is 0 Å². The van der Waals surface area contributed by atoms with Crippen LogP contribution in [0.5, 0.6) is 0 Å². The Balaban J connectivity index is 1.67. The van der Waals surface area contributed by atoms with Crippen molar-refractivity contribution >= 4 is 16.0 Å². The summed E-state index contributed by atoms with van der Waals surface area (Å²) >= 11 is 0. The quantitative estimate of drug-likeness (QED) is 0.857. The molecule has 0 aliphatic carbocycles. The number of carboxylic acids is 1. The molecule has 1 aliphatic heterocycles. The fraction of sp³-hybridized carbons (Fsp3) is 0.389. The van der Waals surface area contributed by atoms with Crippen molar-refractivity contribution in [1.29, 1.82) is 0 Å². The first kappa shape index (κ1) is 18.6. The van der Waals surface area contributed by atoms with Crippen LogP contribution in [0.1, 0.15) is 27.2 Å². The van der Waals surface area contributed by atoms with E-state index in [9.17, 15) is 13.2 Å². The lowest BCUT2D eigenvalue weighted by Gasteiger charge is -2.33. The average molecular weight is 378 g/mol. The molecule has 8 heteroatoms. The highest BCUT2D eigenvalue weighted by Gasteiger charge is 2.29. The summed E-state index contributed by atoms with van der Waals surface area (Å²) < 4.78 is 32.4. The molecule has 2 aromatic rings. The second-order valence-corrected chi connectivity index (χ2v) is 8.43. The fourth-order valence-electron chi connectivity index (χ4n) is 3.01. The van der Waals surface area contributed by atoms with E-state index in [1.54, 1.807) is 12.1 Å². The van der Waals surface area contributed by atoms with Crippen LogP contribution in [0, 0.1) is 13.8 Å². The summed E-state index contributed by atoms with van der Waals surface area (Å²) in [4.78, 5) is 13.5. The van der Waals surface area contributed by atoms with Gasteiger partial charge in [0.25, 0.3) is 0 Å². The standard InChI is InChI=1S/C18H22N2O5S/c1-13-3-4-15(11-14(13)2)26(23,24)20-8-6-19(7-9-20)12-17-16(18(21)22)5-10-25-17/h3-5,10-11H,6-9,12H2,1-2H3,(H,21,22). The number of carbonyl (C=O) groups is 1. The van der Waals surface area contributed by atoms with E-state index in [1.165, 1.54) is 16.6 Å². The zero-order valence-electron chi connectivity index (χ0n) is 14.8. The molecule has 1 aliphatic rings. The number of furan rings is 1. The summed E-state index contributed by atoms with van der Waals surface area (Å²) in [6.45, 7) is 5.96. The number of carboxylic acid groups (broad SMARTS) is 1. The van der Waals surface area contributed by atoms with Crippen LogP contribution in [0.3, 0.4) is 0 Å². The van der Waals surface area contributed by atoms with Crippen LogP contribution in [0.15, 0.2) is 39.8 Å². The van der Waals surface area contributed by atoms with Crippen LogP contribution < -0.4 is 0 Å². The third kappa shape index (κ3) is 3.67. The molecule has 1 fully saturated rings. The van der Waals surface area contributed by atoms with Crippen molar-refractivity contribution in [2.75, 3.05) is 26.2 Å². The SMILES string of the molecule is Cc1ccc(S(=O)(=O)N2CCN(Cc3occc3C(=O)O)CC2)cc1C. The van der Waals surface area contributed by atoms with Crippen molar-refractivity contribution in [3.8, 4) is 0 Å². The van der Waals surface area contributed by atoms with Gasteiger partial charge < -0.3 is 9.52 Å².